The summed E-state index contributed by atoms with van der Waals surface area (Å²) in [5.74, 6) is 0. The summed E-state index contributed by atoms with van der Waals surface area (Å²) in [5, 5.41) is 13.9. The molecule has 1 aliphatic rings. The summed E-state index contributed by atoms with van der Waals surface area (Å²) >= 11 is 7.56. The lowest BCUT2D eigenvalue weighted by molar-refractivity contribution is -0.0415. The first-order valence-corrected chi connectivity index (χ1v) is 11.5. The van der Waals surface area contributed by atoms with Crippen LogP contribution in [0.15, 0.2) is 35.7 Å². The lowest BCUT2D eigenvalue weighted by Gasteiger charge is -2.28. The first-order chi connectivity index (χ1) is 12.8. The third-order valence-corrected chi connectivity index (χ3v) is 6.02. The van der Waals surface area contributed by atoms with Crippen LogP contribution in [-0.4, -0.2) is 39.6 Å². The molecule has 6 nitrogen and oxygen atoms in total. The van der Waals surface area contributed by atoms with Gasteiger partial charge in [0.2, 0.25) is 0 Å². The number of thiophene rings is 1. The second-order valence-electron chi connectivity index (χ2n) is 6.31. The molecule has 27 heavy (non-hydrogen) atoms. The number of hydrogen-bond donors (Lipinski definition) is 1. The van der Waals surface area contributed by atoms with Crippen molar-refractivity contribution in [3.05, 3.63) is 56.7 Å². The molecule has 1 fully saturated rings. The minimum absolute atomic E-state index is 0.00640. The van der Waals surface area contributed by atoms with E-state index in [4.69, 9.17) is 25.3 Å². The predicted octanol–water partition coefficient (Wildman–Crippen LogP) is 3.44. The zero-order valence-corrected chi connectivity index (χ0v) is 17.1. The van der Waals surface area contributed by atoms with Crippen molar-refractivity contribution in [1.29, 1.82) is 0 Å². The molecule has 0 aliphatic carbocycles. The van der Waals surface area contributed by atoms with Gasteiger partial charge in [0.1, 0.15) is 5.60 Å². The number of ether oxygens (including phenoxy) is 2. The van der Waals surface area contributed by atoms with Crippen LogP contribution in [0.5, 0.6) is 0 Å². The van der Waals surface area contributed by atoms with Crippen molar-refractivity contribution in [2.45, 2.75) is 24.7 Å². The molecule has 1 aromatic heterocycles. The summed E-state index contributed by atoms with van der Waals surface area (Å²) in [6.07, 6.45) is 1.20. The predicted molar refractivity (Wildman–Crippen MR) is 103 cm³/mol. The highest BCUT2D eigenvalue weighted by Gasteiger charge is 2.34. The molecule has 0 saturated carbocycles. The molecule has 0 spiro atoms. The van der Waals surface area contributed by atoms with Gasteiger partial charge in [0, 0.05) is 5.02 Å². The second-order valence-corrected chi connectivity index (χ2v) is 9.33. The number of rotatable bonds is 8. The van der Waals surface area contributed by atoms with Crippen LogP contribution < -0.4 is 0 Å². The van der Waals surface area contributed by atoms with E-state index in [9.17, 15) is 13.5 Å². The van der Waals surface area contributed by atoms with E-state index >= 15 is 0 Å². The Balaban J connectivity index is 1.85. The summed E-state index contributed by atoms with van der Waals surface area (Å²) in [6, 6.07) is 8.87. The van der Waals surface area contributed by atoms with Crippen LogP contribution in [0.2, 0.25) is 5.02 Å². The Morgan fingerprint density at radius 1 is 1.30 bits per heavy atom. The van der Waals surface area contributed by atoms with Crippen molar-refractivity contribution in [2.24, 2.45) is 0 Å². The smallest absolute Gasteiger partial charge is 0.264 e. The Morgan fingerprint density at radius 3 is 2.70 bits per heavy atom. The van der Waals surface area contributed by atoms with Gasteiger partial charge in [-0.3, -0.25) is 4.18 Å². The number of halogens is 1. The third kappa shape index (κ3) is 5.29. The molecule has 0 unspecified atom stereocenters. The molecule has 2 heterocycles. The molecule has 0 amide bonds. The van der Waals surface area contributed by atoms with Crippen LogP contribution in [0.25, 0.3) is 0 Å². The molecule has 9 heteroatoms. The van der Waals surface area contributed by atoms with E-state index in [-0.39, 0.29) is 13.0 Å². The van der Waals surface area contributed by atoms with E-state index in [0.717, 1.165) is 11.1 Å². The van der Waals surface area contributed by atoms with Gasteiger partial charge in [-0.05, 0) is 47.5 Å². The maximum atomic E-state index is 11.5. The number of hydrogen-bond acceptors (Lipinski definition) is 7. The van der Waals surface area contributed by atoms with Gasteiger partial charge < -0.3 is 14.6 Å². The highest BCUT2D eigenvalue weighted by molar-refractivity contribution is 7.85. The quantitative estimate of drug-likeness (QED) is 0.508. The Hall–Kier alpha value is -1.00. The monoisotopic (exact) mass is 432 g/mol. The zero-order chi connectivity index (χ0) is 19.5. The van der Waals surface area contributed by atoms with Gasteiger partial charge >= 0.3 is 0 Å². The molecule has 1 aliphatic heterocycles. The van der Waals surface area contributed by atoms with E-state index in [2.05, 4.69) is 0 Å². The van der Waals surface area contributed by atoms with Crippen LogP contribution in [0, 0.1) is 0 Å². The first-order valence-electron chi connectivity index (χ1n) is 8.43. The van der Waals surface area contributed by atoms with E-state index in [0.29, 0.717) is 35.8 Å². The van der Waals surface area contributed by atoms with Gasteiger partial charge in [0.15, 0.2) is 6.29 Å². The Labute approximate surface area is 167 Å². The second kappa shape index (κ2) is 8.57. The lowest BCUT2D eigenvalue weighted by atomic mass is 9.84. The largest absolute Gasteiger partial charge is 0.380 e. The molecule has 2 aromatic rings. The molecule has 0 bridgehead atoms. The van der Waals surface area contributed by atoms with E-state index < -0.39 is 22.0 Å². The molecule has 1 saturated heterocycles. The van der Waals surface area contributed by atoms with Gasteiger partial charge in [0.25, 0.3) is 10.1 Å². The summed E-state index contributed by atoms with van der Waals surface area (Å²) in [7, 11) is -3.52. The molecule has 3 rings (SSSR count). The average molecular weight is 433 g/mol. The number of benzene rings is 1. The van der Waals surface area contributed by atoms with Crippen molar-refractivity contribution < 1.29 is 27.2 Å². The zero-order valence-electron chi connectivity index (χ0n) is 14.8. The van der Waals surface area contributed by atoms with Crippen molar-refractivity contribution >= 4 is 33.1 Å². The molecule has 1 atom stereocenters. The van der Waals surface area contributed by atoms with Gasteiger partial charge in [-0.1, -0.05) is 23.7 Å². The molecule has 1 aromatic carbocycles. The van der Waals surface area contributed by atoms with Gasteiger partial charge in [-0.2, -0.15) is 8.42 Å². The van der Waals surface area contributed by atoms with Crippen LogP contribution in [0.3, 0.4) is 0 Å². The summed E-state index contributed by atoms with van der Waals surface area (Å²) < 4.78 is 38.2. The Kier molecular flexibility index (Phi) is 6.58. The minimum atomic E-state index is -3.52. The molecular formula is C18H21ClO6S2. The van der Waals surface area contributed by atoms with Crippen LogP contribution in [0.1, 0.15) is 35.1 Å². The standard InChI is InChI=1S/C18H21ClO6S2/c1-27(21,22)25-7-3-6-18(20,13-4-2-5-15(19)10-13)14-11-16(26-12-14)17-23-8-9-24-17/h2,4-5,10-12,17,20H,3,6-9H2,1H3/t18-/m1/s1. The van der Waals surface area contributed by atoms with Crippen LogP contribution in [-0.2, 0) is 29.4 Å². The van der Waals surface area contributed by atoms with E-state index in [1.165, 1.54) is 11.3 Å². The van der Waals surface area contributed by atoms with Gasteiger partial charge in [0.05, 0.1) is 31.0 Å². The molecular weight excluding hydrogens is 412 g/mol. The first kappa shape index (κ1) is 20.7. The van der Waals surface area contributed by atoms with Crippen LogP contribution in [0.4, 0.5) is 0 Å². The molecule has 1 N–H and O–H groups in total. The fraction of sp³-hybridized carbons (Fsp3) is 0.444. The Bertz CT molecular complexity index is 875. The van der Waals surface area contributed by atoms with Crippen LogP contribution >= 0.6 is 22.9 Å². The SMILES string of the molecule is CS(=O)(=O)OCCC[C@@](O)(c1cccc(Cl)c1)c1csc(C2OCCO2)c1. The minimum Gasteiger partial charge on any atom is -0.380 e. The Morgan fingerprint density at radius 2 is 2.04 bits per heavy atom. The van der Waals surface area contributed by atoms with E-state index in [1.54, 1.807) is 24.3 Å². The fourth-order valence-electron chi connectivity index (χ4n) is 2.96. The maximum Gasteiger partial charge on any atom is 0.264 e. The third-order valence-electron chi connectivity index (χ3n) is 4.23. The molecule has 148 valence electrons. The fourth-order valence-corrected chi connectivity index (χ4v) is 4.53. The summed E-state index contributed by atoms with van der Waals surface area (Å²) in [4.78, 5) is 0.871. The van der Waals surface area contributed by atoms with E-state index in [1.807, 2.05) is 11.4 Å². The van der Waals surface area contributed by atoms with Crippen molar-refractivity contribution in [2.75, 3.05) is 26.1 Å². The van der Waals surface area contributed by atoms with Crippen molar-refractivity contribution in [3.8, 4) is 0 Å². The number of aliphatic hydroxyl groups is 1. The highest BCUT2D eigenvalue weighted by atomic mass is 35.5. The summed E-state index contributed by atoms with van der Waals surface area (Å²) in [6.45, 7) is 1.08. The summed E-state index contributed by atoms with van der Waals surface area (Å²) in [5.41, 5.74) is -0.0192. The highest BCUT2D eigenvalue weighted by Crippen LogP contribution is 2.40. The maximum absolute atomic E-state index is 11.5. The van der Waals surface area contributed by atoms with Crippen molar-refractivity contribution in [1.82, 2.24) is 0 Å². The normalized spacial score (nSPS) is 17.9. The van der Waals surface area contributed by atoms with Gasteiger partial charge in [-0.15, -0.1) is 11.3 Å². The topological polar surface area (TPSA) is 82.1 Å². The van der Waals surface area contributed by atoms with Gasteiger partial charge in [-0.25, -0.2) is 0 Å². The molecule has 0 radical (unpaired) electrons. The average Bonchev–Trinajstić information content (AvgIpc) is 3.28. The lowest BCUT2D eigenvalue weighted by Crippen LogP contribution is -2.27. The van der Waals surface area contributed by atoms with Crippen molar-refractivity contribution in [3.63, 3.8) is 0 Å².